The summed E-state index contributed by atoms with van der Waals surface area (Å²) in [5, 5.41) is 13.4. The number of furan rings is 1. The highest BCUT2D eigenvalue weighted by Gasteiger charge is 2.16. The van der Waals surface area contributed by atoms with Gasteiger partial charge >= 0.3 is 12.0 Å². The Hall–Kier alpha value is -1.98. The number of urea groups is 1. The zero-order chi connectivity index (χ0) is 12.1. The van der Waals surface area contributed by atoms with Gasteiger partial charge in [0.05, 0.1) is 12.3 Å². The predicted molar refractivity (Wildman–Crippen MR) is 55.9 cm³/mol. The molecule has 0 aliphatic heterocycles. The first-order valence-corrected chi connectivity index (χ1v) is 4.84. The molecule has 0 radical (unpaired) electrons. The van der Waals surface area contributed by atoms with Gasteiger partial charge < -0.3 is 20.2 Å². The summed E-state index contributed by atoms with van der Waals surface area (Å²) >= 11 is 0. The van der Waals surface area contributed by atoms with Crippen molar-refractivity contribution in [2.75, 3.05) is 0 Å². The molecule has 0 aromatic carbocycles. The number of carboxylic acid groups (broad SMARTS) is 1. The zero-order valence-electron chi connectivity index (χ0n) is 9.06. The Kier molecular flexibility index (Phi) is 3.93. The minimum absolute atomic E-state index is 0.309. The third-order valence-corrected chi connectivity index (χ3v) is 2.04. The lowest BCUT2D eigenvalue weighted by Crippen LogP contribution is -2.44. The second-order valence-electron chi connectivity index (χ2n) is 3.41. The minimum Gasteiger partial charge on any atom is -0.480 e. The lowest BCUT2D eigenvalue weighted by atomic mass is 10.2. The summed E-state index contributed by atoms with van der Waals surface area (Å²) in [4.78, 5) is 21.8. The highest BCUT2D eigenvalue weighted by molar-refractivity contribution is 5.82. The van der Waals surface area contributed by atoms with Crippen LogP contribution in [0.1, 0.15) is 25.6 Å². The fourth-order valence-electron chi connectivity index (χ4n) is 1.11. The van der Waals surface area contributed by atoms with Gasteiger partial charge in [-0.3, -0.25) is 4.79 Å². The van der Waals surface area contributed by atoms with Crippen LogP contribution in [0, 0.1) is 0 Å². The van der Waals surface area contributed by atoms with Gasteiger partial charge in [0.2, 0.25) is 0 Å². The number of carboxylic acids is 1. The van der Waals surface area contributed by atoms with Gasteiger partial charge in [0.15, 0.2) is 0 Å². The van der Waals surface area contributed by atoms with Crippen LogP contribution in [0.5, 0.6) is 0 Å². The van der Waals surface area contributed by atoms with Crippen LogP contribution in [0.25, 0.3) is 0 Å². The molecule has 0 spiro atoms. The topological polar surface area (TPSA) is 91.6 Å². The van der Waals surface area contributed by atoms with Crippen LogP contribution < -0.4 is 10.6 Å². The third-order valence-electron chi connectivity index (χ3n) is 2.04. The second kappa shape index (κ2) is 5.20. The average molecular weight is 226 g/mol. The quantitative estimate of drug-likeness (QED) is 0.717. The minimum atomic E-state index is -1.08. The first-order valence-electron chi connectivity index (χ1n) is 4.84. The standard InChI is InChI=1S/C10H14N2O4/c1-6(8-4-3-5-16-8)11-10(15)12-7(2)9(13)14/h3-7H,1-2H3,(H,13,14)(H2,11,12,15)/t6?,7-/m1/s1. The molecule has 1 aromatic rings. The Balaban J connectivity index is 2.43. The normalized spacial score (nSPS) is 13.9. The Morgan fingerprint density at radius 1 is 1.38 bits per heavy atom. The van der Waals surface area contributed by atoms with Gasteiger partial charge in [-0.2, -0.15) is 0 Å². The molecular formula is C10H14N2O4. The molecule has 1 rings (SSSR count). The van der Waals surface area contributed by atoms with E-state index in [1.807, 2.05) is 0 Å². The van der Waals surface area contributed by atoms with E-state index in [1.54, 1.807) is 19.1 Å². The monoisotopic (exact) mass is 226 g/mol. The molecule has 0 fully saturated rings. The second-order valence-corrected chi connectivity index (χ2v) is 3.41. The summed E-state index contributed by atoms with van der Waals surface area (Å²) in [5.74, 6) is -0.473. The summed E-state index contributed by atoms with van der Waals surface area (Å²) in [7, 11) is 0. The van der Waals surface area contributed by atoms with Crippen molar-refractivity contribution in [2.45, 2.75) is 25.9 Å². The molecule has 0 bridgehead atoms. The molecule has 1 aromatic heterocycles. The van der Waals surface area contributed by atoms with E-state index >= 15 is 0 Å². The molecule has 1 unspecified atom stereocenters. The fourth-order valence-corrected chi connectivity index (χ4v) is 1.11. The molecule has 6 nitrogen and oxygen atoms in total. The summed E-state index contributed by atoms with van der Waals surface area (Å²) < 4.78 is 5.09. The van der Waals surface area contributed by atoms with Crippen LogP contribution >= 0.6 is 0 Å². The van der Waals surface area contributed by atoms with Crippen LogP contribution in [0.15, 0.2) is 22.8 Å². The van der Waals surface area contributed by atoms with Gasteiger partial charge in [0, 0.05) is 0 Å². The Labute approximate surface area is 92.6 Å². The summed E-state index contributed by atoms with van der Waals surface area (Å²) in [6.07, 6.45) is 1.51. The number of aliphatic carboxylic acids is 1. The Bertz CT molecular complexity index is 361. The van der Waals surface area contributed by atoms with Gasteiger partial charge in [0.25, 0.3) is 0 Å². The van der Waals surface area contributed by atoms with E-state index in [0.29, 0.717) is 5.76 Å². The summed E-state index contributed by atoms with van der Waals surface area (Å²) in [6, 6.07) is 1.66. The molecule has 2 atom stereocenters. The molecule has 88 valence electrons. The molecule has 6 heteroatoms. The van der Waals surface area contributed by atoms with Gasteiger partial charge in [-0.25, -0.2) is 4.79 Å². The van der Waals surface area contributed by atoms with Crippen molar-refractivity contribution in [1.29, 1.82) is 0 Å². The average Bonchev–Trinajstić information content (AvgIpc) is 2.69. The number of hydrogen-bond donors (Lipinski definition) is 3. The molecular weight excluding hydrogens is 212 g/mol. The lowest BCUT2D eigenvalue weighted by molar-refractivity contribution is -0.138. The van der Waals surface area contributed by atoms with Gasteiger partial charge in [-0.15, -0.1) is 0 Å². The van der Waals surface area contributed by atoms with Crippen LogP contribution in [0.3, 0.4) is 0 Å². The smallest absolute Gasteiger partial charge is 0.325 e. The number of nitrogens with one attached hydrogen (secondary N) is 2. The Morgan fingerprint density at radius 2 is 2.06 bits per heavy atom. The third kappa shape index (κ3) is 3.30. The van der Waals surface area contributed by atoms with Crippen LogP contribution in [-0.4, -0.2) is 23.1 Å². The van der Waals surface area contributed by atoms with E-state index in [2.05, 4.69) is 10.6 Å². The number of hydrogen-bond acceptors (Lipinski definition) is 3. The summed E-state index contributed by atoms with van der Waals surface area (Å²) in [5.41, 5.74) is 0. The van der Waals surface area contributed by atoms with Crippen LogP contribution in [0.2, 0.25) is 0 Å². The number of carbonyl (C=O) groups is 2. The molecule has 0 saturated carbocycles. The van der Waals surface area contributed by atoms with E-state index in [0.717, 1.165) is 0 Å². The van der Waals surface area contributed by atoms with E-state index in [9.17, 15) is 9.59 Å². The molecule has 0 saturated heterocycles. The molecule has 0 aliphatic carbocycles. The van der Waals surface area contributed by atoms with Crippen molar-refractivity contribution in [3.05, 3.63) is 24.2 Å². The SMILES string of the molecule is CC(NC(=O)N[C@H](C)C(=O)O)c1ccco1. The number of amides is 2. The summed E-state index contributed by atoms with van der Waals surface area (Å²) in [6.45, 7) is 3.13. The van der Waals surface area contributed by atoms with Crippen molar-refractivity contribution in [2.24, 2.45) is 0 Å². The molecule has 2 amide bonds. The maximum atomic E-state index is 11.3. The van der Waals surface area contributed by atoms with Gasteiger partial charge in [-0.05, 0) is 26.0 Å². The first-order chi connectivity index (χ1) is 7.50. The van der Waals surface area contributed by atoms with Crippen molar-refractivity contribution < 1.29 is 19.1 Å². The largest absolute Gasteiger partial charge is 0.480 e. The first kappa shape index (κ1) is 12.1. The zero-order valence-corrected chi connectivity index (χ0v) is 9.06. The van der Waals surface area contributed by atoms with Crippen LogP contribution in [0.4, 0.5) is 4.79 Å². The van der Waals surface area contributed by atoms with E-state index < -0.39 is 18.0 Å². The fraction of sp³-hybridized carbons (Fsp3) is 0.400. The molecule has 1 heterocycles. The van der Waals surface area contributed by atoms with Crippen molar-refractivity contribution >= 4 is 12.0 Å². The van der Waals surface area contributed by atoms with Gasteiger partial charge in [-0.1, -0.05) is 0 Å². The van der Waals surface area contributed by atoms with Crippen molar-refractivity contribution in [3.63, 3.8) is 0 Å². The molecule has 3 N–H and O–H groups in total. The van der Waals surface area contributed by atoms with Crippen molar-refractivity contribution in [1.82, 2.24) is 10.6 Å². The lowest BCUT2D eigenvalue weighted by Gasteiger charge is -2.14. The van der Waals surface area contributed by atoms with E-state index in [-0.39, 0.29) is 6.04 Å². The predicted octanol–water partition coefficient (Wildman–Crippen LogP) is 1.11. The van der Waals surface area contributed by atoms with E-state index in [4.69, 9.17) is 9.52 Å². The van der Waals surface area contributed by atoms with E-state index in [1.165, 1.54) is 13.2 Å². The molecule has 0 aliphatic rings. The number of rotatable bonds is 4. The Morgan fingerprint density at radius 3 is 2.56 bits per heavy atom. The van der Waals surface area contributed by atoms with Crippen molar-refractivity contribution in [3.8, 4) is 0 Å². The maximum Gasteiger partial charge on any atom is 0.325 e. The van der Waals surface area contributed by atoms with Crippen LogP contribution in [-0.2, 0) is 4.79 Å². The number of carbonyl (C=O) groups excluding carboxylic acids is 1. The highest BCUT2D eigenvalue weighted by Crippen LogP contribution is 2.11. The van der Waals surface area contributed by atoms with Gasteiger partial charge in [0.1, 0.15) is 11.8 Å². The highest BCUT2D eigenvalue weighted by atomic mass is 16.4. The maximum absolute atomic E-state index is 11.3. The molecule has 16 heavy (non-hydrogen) atoms.